The van der Waals surface area contributed by atoms with Crippen LogP contribution in [0.4, 0.5) is 5.69 Å². The number of piperidine rings is 1. The average Bonchev–Trinajstić information content (AvgIpc) is 2.82. The fourth-order valence-corrected chi connectivity index (χ4v) is 4.60. The number of methoxy groups -OCH3 is 1. The van der Waals surface area contributed by atoms with Crippen LogP contribution in [0.3, 0.4) is 0 Å². The number of amides is 2. The number of carbonyl (C=O) groups excluding carboxylic acids is 2. The zero-order valence-electron chi connectivity index (χ0n) is 17.9. The van der Waals surface area contributed by atoms with Crippen molar-refractivity contribution in [1.29, 1.82) is 0 Å². The molecule has 1 fully saturated rings. The minimum absolute atomic E-state index is 0.00956. The number of ether oxygens (including phenoxy) is 1. The summed E-state index contributed by atoms with van der Waals surface area (Å²) in [5.41, 5.74) is 0.811. The third kappa shape index (κ3) is 5.67. The van der Waals surface area contributed by atoms with E-state index in [1.165, 1.54) is 19.2 Å². The van der Waals surface area contributed by atoms with Crippen molar-refractivity contribution in [3.8, 4) is 5.75 Å². The molecular formula is C23H27N3O5S. The summed E-state index contributed by atoms with van der Waals surface area (Å²) in [6.07, 6.45) is 2.84. The van der Waals surface area contributed by atoms with Gasteiger partial charge in [-0.1, -0.05) is 12.1 Å². The van der Waals surface area contributed by atoms with Crippen LogP contribution >= 0.6 is 0 Å². The Balaban J connectivity index is 1.60. The molecule has 2 amide bonds. The van der Waals surface area contributed by atoms with Gasteiger partial charge in [0.15, 0.2) is 0 Å². The molecule has 0 radical (unpaired) electrons. The molecule has 0 aliphatic carbocycles. The van der Waals surface area contributed by atoms with Crippen molar-refractivity contribution in [3.63, 3.8) is 0 Å². The van der Waals surface area contributed by atoms with Gasteiger partial charge in [-0.2, -0.15) is 0 Å². The first-order chi connectivity index (χ1) is 15.3. The minimum atomic E-state index is -3.79. The highest BCUT2D eigenvalue weighted by molar-refractivity contribution is 7.92. The number of nitrogens with zero attached hydrogens (tertiary/aromatic N) is 1. The molecule has 0 saturated carbocycles. The van der Waals surface area contributed by atoms with Crippen molar-refractivity contribution in [1.82, 2.24) is 10.2 Å². The molecule has 1 saturated heterocycles. The zero-order chi connectivity index (χ0) is 23.1. The van der Waals surface area contributed by atoms with Crippen molar-refractivity contribution in [2.45, 2.75) is 17.7 Å². The molecule has 3 rings (SSSR count). The second-order valence-corrected chi connectivity index (χ2v) is 9.14. The molecule has 0 atom stereocenters. The lowest BCUT2D eigenvalue weighted by Crippen LogP contribution is -2.43. The summed E-state index contributed by atoms with van der Waals surface area (Å²) in [4.78, 5) is 26.7. The third-order valence-electron chi connectivity index (χ3n) is 5.31. The van der Waals surface area contributed by atoms with E-state index in [1.807, 2.05) is 0 Å². The Bertz CT molecular complexity index is 1080. The molecule has 1 heterocycles. The molecule has 0 spiro atoms. The van der Waals surface area contributed by atoms with Crippen LogP contribution in [0.2, 0.25) is 0 Å². The van der Waals surface area contributed by atoms with Gasteiger partial charge in [-0.3, -0.25) is 14.3 Å². The van der Waals surface area contributed by atoms with E-state index in [-0.39, 0.29) is 22.6 Å². The van der Waals surface area contributed by atoms with Gasteiger partial charge in [0.1, 0.15) is 5.75 Å². The van der Waals surface area contributed by atoms with E-state index in [2.05, 4.69) is 16.6 Å². The van der Waals surface area contributed by atoms with E-state index in [0.29, 0.717) is 49.5 Å². The number of carbonyl (C=O) groups is 2. The number of benzene rings is 2. The predicted molar refractivity (Wildman–Crippen MR) is 122 cm³/mol. The Morgan fingerprint density at radius 1 is 1.16 bits per heavy atom. The summed E-state index contributed by atoms with van der Waals surface area (Å²) in [7, 11) is -2.32. The molecule has 0 bridgehead atoms. The highest BCUT2D eigenvalue weighted by Crippen LogP contribution is 2.22. The lowest BCUT2D eigenvalue weighted by molar-refractivity contribution is -0.126. The molecule has 0 unspecified atom stereocenters. The maximum Gasteiger partial charge on any atom is 0.262 e. The van der Waals surface area contributed by atoms with Gasteiger partial charge in [-0.15, -0.1) is 6.58 Å². The highest BCUT2D eigenvalue weighted by Gasteiger charge is 2.27. The maximum absolute atomic E-state index is 12.8. The molecule has 8 nitrogen and oxygen atoms in total. The molecule has 1 aliphatic heterocycles. The van der Waals surface area contributed by atoms with E-state index >= 15 is 0 Å². The van der Waals surface area contributed by atoms with Crippen molar-refractivity contribution in [2.24, 2.45) is 5.92 Å². The SMILES string of the molecule is C=CCNC(=O)C1CCN(C(=O)c2ccc(NS(=O)(=O)c3cccc(OC)c3)cc2)CC1. The van der Waals surface area contributed by atoms with Crippen molar-refractivity contribution >= 4 is 27.5 Å². The Labute approximate surface area is 188 Å². The fraction of sp³-hybridized carbons (Fsp3) is 0.304. The van der Waals surface area contributed by atoms with Crippen LogP contribution in [-0.2, 0) is 14.8 Å². The van der Waals surface area contributed by atoms with Crippen LogP contribution in [-0.4, -0.2) is 51.9 Å². The summed E-state index contributed by atoms with van der Waals surface area (Å²) in [5.74, 6) is 0.185. The largest absolute Gasteiger partial charge is 0.497 e. The third-order valence-corrected chi connectivity index (χ3v) is 6.69. The number of rotatable bonds is 8. The average molecular weight is 458 g/mol. The van der Waals surface area contributed by atoms with E-state index < -0.39 is 10.0 Å². The predicted octanol–water partition coefficient (Wildman–Crippen LogP) is 2.65. The van der Waals surface area contributed by atoms with Gasteiger partial charge in [0, 0.05) is 42.9 Å². The minimum Gasteiger partial charge on any atom is -0.497 e. The van der Waals surface area contributed by atoms with Crippen LogP contribution in [0.15, 0.2) is 66.1 Å². The normalized spacial score (nSPS) is 14.5. The molecule has 9 heteroatoms. The Hall–Kier alpha value is -3.33. The van der Waals surface area contributed by atoms with Crippen molar-refractivity contribution in [2.75, 3.05) is 31.5 Å². The van der Waals surface area contributed by atoms with Crippen molar-refractivity contribution in [3.05, 3.63) is 66.7 Å². The monoisotopic (exact) mass is 457 g/mol. The second kappa shape index (κ2) is 10.3. The topological polar surface area (TPSA) is 105 Å². The molecule has 1 aliphatic rings. The van der Waals surface area contributed by atoms with Gasteiger partial charge in [0.05, 0.1) is 12.0 Å². The lowest BCUT2D eigenvalue weighted by atomic mass is 9.95. The first-order valence-corrected chi connectivity index (χ1v) is 11.8. The molecule has 32 heavy (non-hydrogen) atoms. The van der Waals surface area contributed by atoms with Crippen LogP contribution in [0, 0.1) is 5.92 Å². The number of anilines is 1. The number of likely N-dealkylation sites (tertiary alicyclic amines) is 1. The molecular weight excluding hydrogens is 430 g/mol. The molecule has 2 N–H and O–H groups in total. The van der Waals surface area contributed by atoms with Crippen LogP contribution < -0.4 is 14.8 Å². The van der Waals surface area contributed by atoms with Gasteiger partial charge in [-0.05, 0) is 49.2 Å². The summed E-state index contributed by atoms with van der Waals surface area (Å²) in [6, 6.07) is 12.5. The van der Waals surface area contributed by atoms with Crippen molar-refractivity contribution < 1.29 is 22.7 Å². The molecule has 170 valence electrons. The fourth-order valence-electron chi connectivity index (χ4n) is 3.51. The van der Waals surface area contributed by atoms with Crippen LogP contribution in [0.1, 0.15) is 23.2 Å². The summed E-state index contributed by atoms with van der Waals surface area (Å²) in [5, 5.41) is 2.80. The van der Waals surface area contributed by atoms with Gasteiger partial charge in [-0.25, -0.2) is 8.42 Å². The number of nitrogens with one attached hydrogen (secondary N) is 2. The van der Waals surface area contributed by atoms with Gasteiger partial charge >= 0.3 is 0 Å². The second-order valence-electron chi connectivity index (χ2n) is 7.46. The Morgan fingerprint density at radius 2 is 1.84 bits per heavy atom. The van der Waals surface area contributed by atoms with Crippen LogP contribution in [0.25, 0.3) is 0 Å². The summed E-state index contributed by atoms with van der Waals surface area (Å²) >= 11 is 0. The Kier molecular flexibility index (Phi) is 7.53. The highest BCUT2D eigenvalue weighted by atomic mass is 32.2. The molecule has 2 aromatic carbocycles. The van der Waals surface area contributed by atoms with Gasteiger partial charge < -0.3 is 15.0 Å². The van der Waals surface area contributed by atoms with E-state index in [4.69, 9.17) is 4.74 Å². The molecule has 2 aromatic rings. The number of hydrogen-bond acceptors (Lipinski definition) is 5. The van der Waals surface area contributed by atoms with E-state index in [0.717, 1.165) is 0 Å². The van der Waals surface area contributed by atoms with E-state index in [1.54, 1.807) is 47.4 Å². The van der Waals surface area contributed by atoms with Gasteiger partial charge in [0.2, 0.25) is 5.91 Å². The van der Waals surface area contributed by atoms with Gasteiger partial charge in [0.25, 0.3) is 15.9 Å². The molecule has 0 aromatic heterocycles. The number of sulfonamides is 1. The quantitative estimate of drug-likeness (QED) is 0.593. The first-order valence-electron chi connectivity index (χ1n) is 10.3. The maximum atomic E-state index is 12.8. The number of hydrogen-bond donors (Lipinski definition) is 2. The summed E-state index contributed by atoms with van der Waals surface area (Å²) in [6.45, 7) is 5.01. The smallest absolute Gasteiger partial charge is 0.262 e. The Morgan fingerprint density at radius 3 is 2.47 bits per heavy atom. The zero-order valence-corrected chi connectivity index (χ0v) is 18.7. The van der Waals surface area contributed by atoms with Crippen LogP contribution in [0.5, 0.6) is 5.75 Å². The summed E-state index contributed by atoms with van der Waals surface area (Å²) < 4.78 is 32.8. The first kappa shape index (κ1) is 23.3. The lowest BCUT2D eigenvalue weighted by Gasteiger charge is -2.31. The van der Waals surface area contributed by atoms with E-state index in [9.17, 15) is 18.0 Å². The standard InChI is InChI=1S/C23H27N3O5S/c1-3-13-24-22(27)17-11-14-26(15-12-17)23(28)18-7-9-19(10-8-18)25-32(29,30)21-6-4-5-20(16-21)31-2/h3-10,16-17,25H,1,11-15H2,2H3,(H,24,27).